The first kappa shape index (κ1) is 11.1. The normalized spacial score (nSPS) is 19.0. The third-order valence-corrected chi connectivity index (χ3v) is 3.49. The lowest BCUT2D eigenvalue weighted by Gasteiger charge is -2.25. The molecule has 1 unspecified atom stereocenters. The molecule has 1 aromatic carbocycles. The summed E-state index contributed by atoms with van der Waals surface area (Å²) in [5.74, 6) is 0.175. The number of hydrogen-bond acceptors (Lipinski definition) is 1. The minimum atomic E-state index is -0.232. The molecule has 0 radical (unpaired) electrons. The van der Waals surface area contributed by atoms with Crippen LogP contribution in [0, 0.1) is 23.1 Å². The van der Waals surface area contributed by atoms with Crippen LogP contribution in [0.1, 0.15) is 43.6 Å². The van der Waals surface area contributed by atoms with Crippen LogP contribution in [0.15, 0.2) is 24.3 Å². The van der Waals surface area contributed by atoms with Gasteiger partial charge in [-0.05, 0) is 36.5 Å². The Kier molecular flexibility index (Phi) is 3.56. The van der Waals surface area contributed by atoms with Gasteiger partial charge in [0, 0.05) is 0 Å². The Balaban J connectivity index is 2.15. The molecule has 1 saturated carbocycles. The van der Waals surface area contributed by atoms with E-state index in [2.05, 4.69) is 6.07 Å². The summed E-state index contributed by atoms with van der Waals surface area (Å²) >= 11 is 0. The lowest BCUT2D eigenvalue weighted by Crippen LogP contribution is -2.15. The fourth-order valence-corrected chi connectivity index (χ4v) is 2.59. The maximum Gasteiger partial charge on any atom is 0.123 e. The van der Waals surface area contributed by atoms with Crippen LogP contribution in [0.2, 0.25) is 0 Å². The molecule has 1 aliphatic carbocycles. The van der Waals surface area contributed by atoms with Gasteiger partial charge in [-0.3, -0.25) is 0 Å². The first-order chi connectivity index (χ1) is 7.81. The van der Waals surface area contributed by atoms with Gasteiger partial charge >= 0.3 is 0 Å². The predicted octanol–water partition coefficient (Wildman–Crippen LogP) is 4.01. The van der Waals surface area contributed by atoms with Crippen molar-refractivity contribution in [2.45, 2.75) is 38.0 Å². The summed E-state index contributed by atoms with van der Waals surface area (Å²) in [5, 5.41) is 9.26. The highest BCUT2D eigenvalue weighted by atomic mass is 19.1. The molecule has 1 aliphatic rings. The van der Waals surface area contributed by atoms with E-state index in [9.17, 15) is 9.65 Å². The summed E-state index contributed by atoms with van der Waals surface area (Å²) in [5.41, 5.74) is 0.968. The molecular formula is C14H16FN. The highest BCUT2D eigenvalue weighted by Crippen LogP contribution is 2.35. The molecule has 0 amide bonds. The van der Waals surface area contributed by atoms with E-state index < -0.39 is 0 Å². The SMILES string of the molecule is N#CC(c1ccc(F)cc1)C1CCCCC1. The summed E-state index contributed by atoms with van der Waals surface area (Å²) in [6.45, 7) is 0. The highest BCUT2D eigenvalue weighted by molar-refractivity contribution is 5.26. The van der Waals surface area contributed by atoms with Crippen molar-refractivity contribution in [1.82, 2.24) is 0 Å². The molecule has 0 heterocycles. The molecule has 0 saturated heterocycles. The van der Waals surface area contributed by atoms with Crippen LogP contribution in [0.4, 0.5) is 4.39 Å². The number of hydrogen-bond donors (Lipinski definition) is 0. The minimum Gasteiger partial charge on any atom is -0.207 e. The van der Waals surface area contributed by atoms with E-state index in [0.29, 0.717) is 5.92 Å². The van der Waals surface area contributed by atoms with Crippen LogP contribution in [-0.2, 0) is 0 Å². The van der Waals surface area contributed by atoms with Crippen molar-refractivity contribution in [1.29, 1.82) is 5.26 Å². The van der Waals surface area contributed by atoms with Gasteiger partial charge in [0.15, 0.2) is 0 Å². The standard InChI is InChI=1S/C14H16FN/c15-13-8-6-12(7-9-13)14(10-16)11-4-2-1-3-5-11/h6-9,11,14H,1-5H2. The van der Waals surface area contributed by atoms with Gasteiger partial charge in [0.1, 0.15) is 5.82 Å². The fourth-order valence-electron chi connectivity index (χ4n) is 2.59. The van der Waals surface area contributed by atoms with Crippen molar-refractivity contribution in [2.24, 2.45) is 5.92 Å². The Morgan fingerprint density at radius 1 is 1.12 bits per heavy atom. The van der Waals surface area contributed by atoms with Gasteiger partial charge in [0.25, 0.3) is 0 Å². The molecule has 1 fully saturated rings. The zero-order chi connectivity index (χ0) is 11.4. The van der Waals surface area contributed by atoms with Crippen LogP contribution >= 0.6 is 0 Å². The average molecular weight is 217 g/mol. The summed E-state index contributed by atoms with van der Waals surface area (Å²) in [7, 11) is 0. The molecule has 0 N–H and O–H groups in total. The zero-order valence-corrected chi connectivity index (χ0v) is 9.32. The van der Waals surface area contributed by atoms with Gasteiger partial charge in [-0.15, -0.1) is 0 Å². The molecule has 16 heavy (non-hydrogen) atoms. The van der Waals surface area contributed by atoms with Gasteiger partial charge < -0.3 is 0 Å². The first-order valence-electron chi connectivity index (χ1n) is 5.96. The van der Waals surface area contributed by atoms with Gasteiger partial charge in [0.2, 0.25) is 0 Å². The molecule has 1 nitrogen and oxygen atoms in total. The summed E-state index contributed by atoms with van der Waals surface area (Å²) < 4.78 is 12.8. The fraction of sp³-hybridized carbons (Fsp3) is 0.500. The maximum absolute atomic E-state index is 12.8. The lowest BCUT2D eigenvalue weighted by atomic mass is 9.77. The molecule has 0 aliphatic heterocycles. The molecule has 0 bridgehead atoms. The van der Waals surface area contributed by atoms with E-state index >= 15 is 0 Å². The number of rotatable bonds is 2. The van der Waals surface area contributed by atoms with Crippen molar-refractivity contribution < 1.29 is 4.39 Å². The Labute approximate surface area is 95.9 Å². The molecule has 2 heteroatoms. The minimum absolute atomic E-state index is 0.0547. The maximum atomic E-state index is 12.8. The molecule has 84 valence electrons. The zero-order valence-electron chi connectivity index (χ0n) is 9.32. The summed E-state index contributed by atoms with van der Waals surface area (Å²) in [6.07, 6.45) is 6.01. The number of benzene rings is 1. The second kappa shape index (κ2) is 5.12. The number of nitrogens with zero attached hydrogens (tertiary/aromatic N) is 1. The second-order valence-corrected chi connectivity index (χ2v) is 4.56. The van der Waals surface area contributed by atoms with Gasteiger partial charge in [0.05, 0.1) is 12.0 Å². The molecular weight excluding hydrogens is 201 g/mol. The summed E-state index contributed by atoms with van der Waals surface area (Å²) in [6, 6.07) is 8.77. The van der Waals surface area contributed by atoms with Gasteiger partial charge in [-0.25, -0.2) is 4.39 Å². The average Bonchev–Trinajstić information content (AvgIpc) is 2.34. The predicted molar refractivity (Wildman–Crippen MR) is 61.3 cm³/mol. The Morgan fingerprint density at radius 2 is 1.75 bits per heavy atom. The molecule has 1 atom stereocenters. The van der Waals surface area contributed by atoms with E-state index in [1.54, 1.807) is 12.1 Å². The van der Waals surface area contributed by atoms with E-state index in [4.69, 9.17) is 0 Å². The summed E-state index contributed by atoms with van der Waals surface area (Å²) in [4.78, 5) is 0. The number of nitriles is 1. The van der Waals surface area contributed by atoms with Crippen molar-refractivity contribution in [3.05, 3.63) is 35.6 Å². The highest BCUT2D eigenvalue weighted by Gasteiger charge is 2.24. The molecule has 0 spiro atoms. The van der Waals surface area contributed by atoms with Crippen LogP contribution in [0.3, 0.4) is 0 Å². The van der Waals surface area contributed by atoms with E-state index in [1.165, 1.54) is 31.4 Å². The first-order valence-corrected chi connectivity index (χ1v) is 5.96. The van der Waals surface area contributed by atoms with E-state index in [0.717, 1.165) is 18.4 Å². The topological polar surface area (TPSA) is 23.8 Å². The van der Waals surface area contributed by atoms with Crippen LogP contribution in [0.5, 0.6) is 0 Å². The second-order valence-electron chi connectivity index (χ2n) is 4.56. The molecule has 2 rings (SSSR count). The van der Waals surface area contributed by atoms with Crippen molar-refractivity contribution in [3.63, 3.8) is 0 Å². The molecule has 0 aromatic heterocycles. The van der Waals surface area contributed by atoms with Crippen LogP contribution in [0.25, 0.3) is 0 Å². The third kappa shape index (κ3) is 2.41. The Hall–Kier alpha value is -1.36. The smallest absolute Gasteiger partial charge is 0.123 e. The van der Waals surface area contributed by atoms with E-state index in [-0.39, 0.29) is 11.7 Å². The largest absolute Gasteiger partial charge is 0.207 e. The lowest BCUT2D eigenvalue weighted by molar-refractivity contribution is 0.335. The third-order valence-electron chi connectivity index (χ3n) is 3.49. The van der Waals surface area contributed by atoms with Crippen molar-refractivity contribution >= 4 is 0 Å². The van der Waals surface area contributed by atoms with Crippen molar-refractivity contribution in [3.8, 4) is 6.07 Å². The van der Waals surface area contributed by atoms with Gasteiger partial charge in [-0.1, -0.05) is 31.4 Å². The van der Waals surface area contributed by atoms with Gasteiger partial charge in [-0.2, -0.15) is 5.26 Å². The Morgan fingerprint density at radius 3 is 2.31 bits per heavy atom. The molecule has 1 aromatic rings. The monoisotopic (exact) mass is 217 g/mol. The van der Waals surface area contributed by atoms with E-state index in [1.807, 2.05) is 0 Å². The quantitative estimate of drug-likeness (QED) is 0.734. The Bertz CT molecular complexity index is 371. The van der Waals surface area contributed by atoms with Crippen LogP contribution < -0.4 is 0 Å². The number of halogens is 1. The van der Waals surface area contributed by atoms with Crippen LogP contribution in [-0.4, -0.2) is 0 Å². The van der Waals surface area contributed by atoms with Crippen molar-refractivity contribution in [2.75, 3.05) is 0 Å².